The number of hydrogen-bond acceptors (Lipinski definition) is 4. The summed E-state index contributed by atoms with van der Waals surface area (Å²) in [4.78, 5) is 24.7. The van der Waals surface area contributed by atoms with Crippen LogP contribution in [0.2, 0.25) is 0 Å². The predicted molar refractivity (Wildman–Crippen MR) is 69.0 cm³/mol. The van der Waals surface area contributed by atoms with Gasteiger partial charge in [0.1, 0.15) is 5.60 Å². The van der Waals surface area contributed by atoms with Gasteiger partial charge in [0.15, 0.2) is 0 Å². The molecule has 0 radical (unpaired) electrons. The lowest BCUT2D eigenvalue weighted by Crippen LogP contribution is -2.47. The van der Waals surface area contributed by atoms with Crippen LogP contribution in [0.1, 0.15) is 47.5 Å². The van der Waals surface area contributed by atoms with E-state index in [9.17, 15) is 9.59 Å². The lowest BCUT2D eigenvalue weighted by atomic mass is 10.0. The standard InChI is InChI=1S/C13H25NO4/c1-12(2,3)18-11(17)8-7-10(16)14(6)13(4,5)9-15/h15H,7-9H2,1-6H3. The van der Waals surface area contributed by atoms with E-state index in [2.05, 4.69) is 0 Å². The van der Waals surface area contributed by atoms with Crippen LogP contribution in [0.5, 0.6) is 0 Å². The molecule has 0 heterocycles. The number of nitrogens with zero attached hydrogens (tertiary/aromatic N) is 1. The van der Waals surface area contributed by atoms with Crippen molar-refractivity contribution >= 4 is 11.9 Å². The summed E-state index contributed by atoms with van der Waals surface area (Å²) in [6, 6.07) is 0. The second-order valence-corrected chi connectivity index (χ2v) is 6.01. The maximum Gasteiger partial charge on any atom is 0.306 e. The third-order valence-electron chi connectivity index (χ3n) is 2.63. The maximum absolute atomic E-state index is 11.8. The van der Waals surface area contributed by atoms with Crippen molar-refractivity contribution in [3.8, 4) is 0 Å². The molecule has 0 atom stereocenters. The Morgan fingerprint density at radius 2 is 1.61 bits per heavy atom. The molecule has 0 aliphatic heterocycles. The highest BCUT2D eigenvalue weighted by atomic mass is 16.6. The van der Waals surface area contributed by atoms with Gasteiger partial charge in [-0.2, -0.15) is 0 Å². The molecule has 0 saturated heterocycles. The van der Waals surface area contributed by atoms with E-state index in [1.54, 1.807) is 41.7 Å². The van der Waals surface area contributed by atoms with E-state index in [1.807, 2.05) is 0 Å². The van der Waals surface area contributed by atoms with E-state index in [1.165, 1.54) is 4.90 Å². The van der Waals surface area contributed by atoms with Crippen LogP contribution in [0.15, 0.2) is 0 Å². The molecule has 5 nitrogen and oxygen atoms in total. The van der Waals surface area contributed by atoms with Crippen LogP contribution >= 0.6 is 0 Å². The molecular weight excluding hydrogens is 234 g/mol. The van der Waals surface area contributed by atoms with Crippen LogP contribution < -0.4 is 0 Å². The number of rotatable bonds is 5. The van der Waals surface area contributed by atoms with E-state index in [0.29, 0.717) is 0 Å². The van der Waals surface area contributed by atoms with Gasteiger partial charge in [-0.15, -0.1) is 0 Å². The Morgan fingerprint density at radius 1 is 1.11 bits per heavy atom. The number of aliphatic hydroxyl groups excluding tert-OH is 1. The lowest BCUT2D eigenvalue weighted by molar-refractivity contribution is -0.156. The molecule has 0 saturated carbocycles. The number of amides is 1. The van der Waals surface area contributed by atoms with Crippen LogP contribution in [0.25, 0.3) is 0 Å². The van der Waals surface area contributed by atoms with Crippen molar-refractivity contribution in [1.82, 2.24) is 4.90 Å². The van der Waals surface area contributed by atoms with Crippen LogP contribution in [-0.2, 0) is 14.3 Å². The molecule has 0 bridgehead atoms. The smallest absolute Gasteiger partial charge is 0.306 e. The van der Waals surface area contributed by atoms with Gasteiger partial charge in [-0.05, 0) is 34.6 Å². The molecule has 0 aromatic rings. The van der Waals surface area contributed by atoms with Crippen molar-refractivity contribution in [2.24, 2.45) is 0 Å². The average molecular weight is 259 g/mol. The van der Waals surface area contributed by atoms with Gasteiger partial charge in [0.25, 0.3) is 0 Å². The minimum Gasteiger partial charge on any atom is -0.460 e. The number of carbonyl (C=O) groups excluding carboxylic acids is 2. The molecule has 1 amide bonds. The number of carbonyl (C=O) groups is 2. The van der Waals surface area contributed by atoms with Crippen molar-refractivity contribution < 1.29 is 19.4 Å². The van der Waals surface area contributed by atoms with Gasteiger partial charge in [-0.1, -0.05) is 0 Å². The summed E-state index contributed by atoms with van der Waals surface area (Å²) in [5.74, 6) is -0.564. The highest BCUT2D eigenvalue weighted by molar-refractivity contribution is 5.81. The average Bonchev–Trinajstić information content (AvgIpc) is 2.22. The van der Waals surface area contributed by atoms with E-state index >= 15 is 0 Å². The van der Waals surface area contributed by atoms with Crippen molar-refractivity contribution in [3.05, 3.63) is 0 Å². The molecule has 1 N–H and O–H groups in total. The van der Waals surface area contributed by atoms with Gasteiger partial charge in [0.05, 0.1) is 18.6 Å². The van der Waals surface area contributed by atoms with Crippen molar-refractivity contribution in [2.75, 3.05) is 13.7 Å². The highest BCUT2D eigenvalue weighted by Crippen LogP contribution is 2.14. The monoisotopic (exact) mass is 259 g/mol. The quantitative estimate of drug-likeness (QED) is 0.757. The third kappa shape index (κ3) is 6.00. The van der Waals surface area contributed by atoms with Gasteiger partial charge < -0.3 is 14.7 Å². The Hall–Kier alpha value is -1.10. The number of aliphatic hydroxyl groups is 1. The fourth-order valence-electron chi connectivity index (χ4n) is 1.21. The summed E-state index contributed by atoms with van der Waals surface area (Å²) >= 11 is 0. The summed E-state index contributed by atoms with van der Waals surface area (Å²) in [6.07, 6.45) is 0.150. The van der Waals surface area contributed by atoms with E-state index in [-0.39, 0.29) is 31.3 Å². The minimum atomic E-state index is -0.620. The Labute approximate surface area is 109 Å². The Balaban J connectivity index is 4.24. The molecule has 0 aliphatic carbocycles. The molecule has 0 spiro atoms. The van der Waals surface area contributed by atoms with Crippen LogP contribution in [0.3, 0.4) is 0 Å². The van der Waals surface area contributed by atoms with Gasteiger partial charge >= 0.3 is 5.97 Å². The first kappa shape index (κ1) is 16.9. The molecule has 0 aliphatic rings. The van der Waals surface area contributed by atoms with Gasteiger partial charge in [0, 0.05) is 13.5 Å². The Kier molecular flexibility index (Phi) is 5.80. The first-order valence-corrected chi connectivity index (χ1v) is 6.09. The van der Waals surface area contributed by atoms with E-state index in [4.69, 9.17) is 9.84 Å². The largest absolute Gasteiger partial charge is 0.460 e. The lowest BCUT2D eigenvalue weighted by Gasteiger charge is -2.34. The number of esters is 1. The van der Waals surface area contributed by atoms with Crippen molar-refractivity contribution in [2.45, 2.75) is 58.6 Å². The molecule has 0 aromatic carbocycles. The highest BCUT2D eigenvalue weighted by Gasteiger charge is 2.27. The zero-order chi connectivity index (χ0) is 14.6. The first-order chi connectivity index (χ1) is 7.99. The predicted octanol–water partition coefficient (Wildman–Crippen LogP) is 1.34. The first-order valence-electron chi connectivity index (χ1n) is 6.09. The number of hydrogen-bond donors (Lipinski definition) is 1. The molecule has 0 fully saturated rings. The van der Waals surface area contributed by atoms with Crippen molar-refractivity contribution in [1.29, 1.82) is 0 Å². The third-order valence-corrected chi connectivity index (χ3v) is 2.63. The molecular formula is C13H25NO4. The normalized spacial score (nSPS) is 12.2. The topological polar surface area (TPSA) is 66.8 Å². The van der Waals surface area contributed by atoms with E-state index in [0.717, 1.165) is 0 Å². The molecule has 18 heavy (non-hydrogen) atoms. The van der Waals surface area contributed by atoms with Gasteiger partial charge in [0.2, 0.25) is 5.91 Å². The fraction of sp³-hybridized carbons (Fsp3) is 0.846. The van der Waals surface area contributed by atoms with Gasteiger partial charge in [-0.3, -0.25) is 9.59 Å². The zero-order valence-electron chi connectivity index (χ0n) is 12.2. The SMILES string of the molecule is CN(C(=O)CCC(=O)OC(C)(C)C)C(C)(C)CO. The minimum absolute atomic E-state index is 0.0575. The number of likely N-dealkylation sites (N-methyl/N-ethyl adjacent to an activating group) is 1. The summed E-state index contributed by atoms with van der Waals surface area (Å²) in [7, 11) is 1.62. The fourth-order valence-corrected chi connectivity index (χ4v) is 1.21. The van der Waals surface area contributed by atoms with Crippen LogP contribution in [0, 0.1) is 0 Å². The van der Waals surface area contributed by atoms with E-state index < -0.39 is 11.1 Å². The molecule has 5 heteroatoms. The second-order valence-electron chi connectivity index (χ2n) is 6.01. The molecule has 106 valence electrons. The zero-order valence-corrected chi connectivity index (χ0v) is 12.2. The summed E-state index contributed by atoms with van der Waals surface area (Å²) in [6.45, 7) is 8.76. The summed E-state index contributed by atoms with van der Waals surface area (Å²) in [5, 5.41) is 9.16. The summed E-state index contributed by atoms with van der Waals surface area (Å²) < 4.78 is 5.12. The second kappa shape index (κ2) is 6.18. The Bertz CT molecular complexity index is 305. The maximum atomic E-state index is 11.8. The summed E-state index contributed by atoms with van der Waals surface area (Å²) in [5.41, 5.74) is -1.15. The van der Waals surface area contributed by atoms with Crippen LogP contribution in [0.4, 0.5) is 0 Å². The van der Waals surface area contributed by atoms with Gasteiger partial charge in [-0.25, -0.2) is 0 Å². The molecule has 0 unspecified atom stereocenters. The van der Waals surface area contributed by atoms with Crippen LogP contribution in [-0.4, -0.2) is 46.7 Å². The molecule has 0 aromatic heterocycles. The van der Waals surface area contributed by atoms with Crippen molar-refractivity contribution in [3.63, 3.8) is 0 Å². The Morgan fingerprint density at radius 3 is 2.00 bits per heavy atom. The number of ether oxygens (including phenoxy) is 1. The molecule has 0 rings (SSSR count).